The van der Waals surface area contributed by atoms with Gasteiger partial charge in [-0.05, 0) is 72.9 Å². The van der Waals surface area contributed by atoms with Gasteiger partial charge in [0.2, 0.25) is 0 Å². The first-order chi connectivity index (χ1) is 20.3. The molecule has 7 rings (SSSR count). The molecule has 1 saturated heterocycles. The lowest BCUT2D eigenvalue weighted by Crippen LogP contribution is -2.40. The Kier molecular flexibility index (Phi) is 8.06. The first-order valence-corrected chi connectivity index (χ1v) is 15.5. The number of fused-ring (bicyclic) bond motifs is 2. The normalized spacial score (nSPS) is 20.6. The van der Waals surface area contributed by atoms with Crippen molar-refractivity contribution in [2.45, 2.75) is 63.1 Å². The Morgan fingerprint density at radius 2 is 2.05 bits per heavy atom. The maximum absolute atomic E-state index is 12.9. The molecule has 42 heavy (non-hydrogen) atoms. The first-order valence-electron chi connectivity index (χ1n) is 14.3. The highest BCUT2D eigenvalue weighted by molar-refractivity contribution is 7.19. The lowest BCUT2D eigenvalue weighted by molar-refractivity contribution is -0.122. The number of aryl methyl sites for hydroxylation is 1. The van der Waals surface area contributed by atoms with Crippen LogP contribution < -0.4 is 15.8 Å². The van der Waals surface area contributed by atoms with E-state index in [-0.39, 0.29) is 30.1 Å². The smallest absolute Gasteiger partial charge is 0.290 e. The largest absolute Gasteiger partial charge is 0.483 e. The van der Waals surface area contributed by atoms with Crippen LogP contribution in [0.2, 0.25) is 5.02 Å². The van der Waals surface area contributed by atoms with Crippen molar-refractivity contribution in [1.29, 1.82) is 0 Å². The fourth-order valence-corrected chi connectivity index (χ4v) is 7.63. The number of nitrogens with zero attached hydrogens (tertiary/aromatic N) is 4. The van der Waals surface area contributed by atoms with Crippen LogP contribution in [0.15, 0.2) is 47.5 Å². The molecule has 1 saturated carbocycles. The highest BCUT2D eigenvalue weighted by atomic mass is 35.5. The van der Waals surface area contributed by atoms with Crippen LogP contribution in [0.3, 0.4) is 0 Å². The molecule has 5 heterocycles. The minimum atomic E-state index is -0.250. The third-order valence-electron chi connectivity index (χ3n) is 8.77. The Balaban J connectivity index is 0.00000101. The highest BCUT2D eigenvalue weighted by Crippen LogP contribution is 2.47. The van der Waals surface area contributed by atoms with Gasteiger partial charge in [-0.1, -0.05) is 18.5 Å². The second-order valence-electron chi connectivity index (χ2n) is 11.6. The van der Waals surface area contributed by atoms with E-state index in [2.05, 4.69) is 51.5 Å². The summed E-state index contributed by atoms with van der Waals surface area (Å²) in [5.41, 5.74) is 6.80. The quantitative estimate of drug-likeness (QED) is 0.275. The van der Waals surface area contributed by atoms with E-state index in [1.54, 1.807) is 22.1 Å². The van der Waals surface area contributed by atoms with Crippen molar-refractivity contribution in [2.75, 3.05) is 24.6 Å². The van der Waals surface area contributed by atoms with Crippen molar-refractivity contribution in [2.24, 2.45) is 0 Å². The molecule has 0 bridgehead atoms. The van der Waals surface area contributed by atoms with Crippen molar-refractivity contribution < 1.29 is 15.0 Å². The zero-order valence-corrected chi connectivity index (χ0v) is 25.0. The lowest BCUT2D eigenvalue weighted by atomic mass is 9.92. The molecule has 3 N–H and O–H groups in total. The van der Waals surface area contributed by atoms with Crippen molar-refractivity contribution in [3.63, 3.8) is 0 Å². The molecule has 0 spiro atoms. The third kappa shape index (κ3) is 5.56. The number of rotatable bonds is 6. The molecule has 4 aromatic rings. The number of benzene rings is 1. The van der Waals surface area contributed by atoms with Gasteiger partial charge in [-0.2, -0.15) is 5.10 Å². The van der Waals surface area contributed by atoms with Crippen LogP contribution in [-0.2, 0) is 23.2 Å². The molecule has 3 aliphatic rings. The number of halogens is 1. The summed E-state index contributed by atoms with van der Waals surface area (Å²) in [6.45, 7) is 4.37. The van der Waals surface area contributed by atoms with E-state index in [9.17, 15) is 9.90 Å². The average Bonchev–Trinajstić information content (AvgIpc) is 3.37. The maximum atomic E-state index is 12.9. The van der Waals surface area contributed by atoms with E-state index in [0.29, 0.717) is 12.6 Å². The average molecular weight is 608 g/mol. The number of aliphatic hydroxyl groups excluding tert-OH is 1. The Morgan fingerprint density at radius 3 is 2.76 bits per heavy atom. The van der Waals surface area contributed by atoms with Crippen molar-refractivity contribution in [3.05, 3.63) is 74.1 Å². The molecule has 2 fully saturated rings. The van der Waals surface area contributed by atoms with Crippen LogP contribution in [0.25, 0.3) is 21.3 Å². The number of nitrogens with one attached hydrogen (secondary N) is 1. The summed E-state index contributed by atoms with van der Waals surface area (Å²) in [4.78, 5) is 29.5. The van der Waals surface area contributed by atoms with Gasteiger partial charge in [-0.3, -0.25) is 14.6 Å². The Hall–Kier alpha value is -3.31. The summed E-state index contributed by atoms with van der Waals surface area (Å²) in [5.74, 6) is 0. The number of aliphatic hydroxyl groups is 1. The van der Waals surface area contributed by atoms with E-state index in [4.69, 9.17) is 21.5 Å². The Labute approximate surface area is 252 Å². The second kappa shape index (κ2) is 11.8. The molecular weight excluding hydrogens is 574 g/mol. The number of carbonyl (C=O) groups is 1. The first kappa shape index (κ1) is 28.8. The fraction of sp³-hybridized carbons (Fsp3) is 0.419. The third-order valence-corrected chi connectivity index (χ3v) is 10.1. The highest BCUT2D eigenvalue weighted by Gasteiger charge is 2.39. The lowest BCUT2D eigenvalue weighted by Gasteiger charge is -2.38. The van der Waals surface area contributed by atoms with Crippen molar-refractivity contribution >= 4 is 45.3 Å². The topological polar surface area (TPSA) is 121 Å². The summed E-state index contributed by atoms with van der Waals surface area (Å²) in [5, 5.41) is 25.3. The van der Waals surface area contributed by atoms with Gasteiger partial charge in [0.05, 0.1) is 29.6 Å². The molecule has 0 amide bonds. The van der Waals surface area contributed by atoms with E-state index >= 15 is 0 Å². The van der Waals surface area contributed by atoms with E-state index in [1.165, 1.54) is 11.3 Å². The van der Waals surface area contributed by atoms with Gasteiger partial charge in [-0.15, -0.1) is 11.3 Å². The van der Waals surface area contributed by atoms with Crippen LogP contribution in [-0.4, -0.2) is 63.2 Å². The number of hydrogen-bond donors (Lipinski definition) is 3. The van der Waals surface area contributed by atoms with Crippen molar-refractivity contribution in [1.82, 2.24) is 20.1 Å². The SMILES string of the molecule is CC1(c2cnn(Cc3cc4nccc(-c5cc(Cl)cc6c5N([C@@H]5CN[C@@H](CO)C5)CCC6)c4s3)c(=O)c2)CC1.O=CO. The molecular formula is C31H34ClN5O4S. The van der Waals surface area contributed by atoms with Gasteiger partial charge in [0.25, 0.3) is 12.0 Å². The second-order valence-corrected chi connectivity index (χ2v) is 13.2. The molecule has 1 aromatic carbocycles. The zero-order chi connectivity index (χ0) is 29.4. The van der Waals surface area contributed by atoms with E-state index in [1.807, 2.05) is 12.4 Å². The molecule has 2 aliphatic heterocycles. The van der Waals surface area contributed by atoms with Crippen LogP contribution in [0.4, 0.5) is 5.69 Å². The minimum Gasteiger partial charge on any atom is -0.483 e. The van der Waals surface area contributed by atoms with Crippen LogP contribution in [0.1, 0.15) is 48.6 Å². The molecule has 9 nitrogen and oxygen atoms in total. The number of aromatic nitrogens is 3. The summed E-state index contributed by atoms with van der Waals surface area (Å²) >= 11 is 8.36. The predicted octanol–water partition coefficient (Wildman–Crippen LogP) is 4.45. The van der Waals surface area contributed by atoms with E-state index in [0.717, 1.165) is 82.0 Å². The molecule has 2 atom stereocenters. The van der Waals surface area contributed by atoms with Crippen LogP contribution in [0.5, 0.6) is 0 Å². The van der Waals surface area contributed by atoms with Crippen LogP contribution in [0, 0.1) is 0 Å². The van der Waals surface area contributed by atoms with Crippen molar-refractivity contribution in [3.8, 4) is 11.1 Å². The predicted molar refractivity (Wildman–Crippen MR) is 166 cm³/mol. The monoisotopic (exact) mass is 607 g/mol. The summed E-state index contributed by atoms with van der Waals surface area (Å²) in [6.07, 6.45) is 8.96. The van der Waals surface area contributed by atoms with Gasteiger partial charge >= 0.3 is 0 Å². The van der Waals surface area contributed by atoms with Gasteiger partial charge in [-0.25, -0.2) is 4.68 Å². The standard InChI is InChI=1S/C30H32ClN5O2S.CH2O2/c1-30(5-6-30)19-10-27(38)36(34-14-19)16-23-13-26-29(39-23)24(4-7-32-26)25-11-20(31)9-18-3-2-8-35(28(18)25)22-12-21(17-37)33-15-22;2-1-3/h4,7,9-11,13-14,21-22,33,37H,2-3,5-6,8,12,15-17H2,1H3;1H,(H,2,3)/t21-,22+;/m1./s1. The van der Waals surface area contributed by atoms with Gasteiger partial charge in [0.15, 0.2) is 0 Å². The molecule has 11 heteroatoms. The Morgan fingerprint density at radius 1 is 1.24 bits per heavy atom. The summed E-state index contributed by atoms with van der Waals surface area (Å²) < 4.78 is 2.64. The number of anilines is 1. The molecule has 1 aliphatic carbocycles. The molecule has 0 unspecified atom stereocenters. The van der Waals surface area contributed by atoms with Gasteiger partial charge in [0.1, 0.15) is 0 Å². The zero-order valence-electron chi connectivity index (χ0n) is 23.4. The number of hydrogen-bond acceptors (Lipinski definition) is 8. The summed E-state index contributed by atoms with van der Waals surface area (Å²) in [7, 11) is 0. The van der Waals surface area contributed by atoms with Gasteiger partial charge < -0.3 is 20.4 Å². The van der Waals surface area contributed by atoms with Gasteiger partial charge in [0, 0.05) is 64.2 Å². The molecule has 3 aromatic heterocycles. The minimum absolute atomic E-state index is 0.0582. The fourth-order valence-electron chi connectivity index (χ4n) is 6.27. The summed E-state index contributed by atoms with van der Waals surface area (Å²) in [6, 6.07) is 10.6. The molecule has 220 valence electrons. The maximum Gasteiger partial charge on any atom is 0.290 e. The number of carboxylic acid groups (broad SMARTS) is 1. The van der Waals surface area contributed by atoms with Crippen LogP contribution >= 0.6 is 22.9 Å². The molecule has 0 radical (unpaired) electrons. The number of pyridine rings is 1. The number of thiophene rings is 1. The Bertz CT molecular complexity index is 1680. The van der Waals surface area contributed by atoms with E-state index < -0.39 is 0 Å².